The third kappa shape index (κ3) is 6.16. The lowest BCUT2D eigenvalue weighted by Gasteiger charge is -2.31. The first-order valence-electron chi connectivity index (χ1n) is 11.2. The number of carbonyl (C=O) groups excluding carboxylic acids is 1. The highest BCUT2D eigenvalue weighted by Crippen LogP contribution is 2.43. The highest BCUT2D eigenvalue weighted by Gasteiger charge is 2.26. The number of benzene rings is 1. The third-order valence-corrected chi connectivity index (χ3v) is 7.21. The fourth-order valence-corrected chi connectivity index (χ4v) is 5.52. The van der Waals surface area contributed by atoms with Gasteiger partial charge in [-0.25, -0.2) is 0 Å². The Kier molecular flexibility index (Phi) is 9.35. The van der Waals surface area contributed by atoms with Gasteiger partial charge in [0, 0.05) is 47.6 Å². The number of rotatable bonds is 7. The van der Waals surface area contributed by atoms with Crippen LogP contribution in [-0.2, 0) is 22.6 Å². The van der Waals surface area contributed by atoms with Crippen LogP contribution in [-0.4, -0.2) is 60.5 Å². The molecule has 8 heteroatoms. The van der Waals surface area contributed by atoms with Crippen LogP contribution in [0.15, 0.2) is 35.2 Å². The number of aliphatic hydroxyl groups is 2. The number of ether oxygens (including phenoxy) is 2. The van der Waals surface area contributed by atoms with Crippen LogP contribution in [0.2, 0.25) is 0 Å². The molecule has 180 valence electrons. The van der Waals surface area contributed by atoms with Crippen molar-refractivity contribution in [2.45, 2.75) is 44.8 Å². The summed E-state index contributed by atoms with van der Waals surface area (Å²) in [7, 11) is 1.43. The Morgan fingerprint density at radius 3 is 2.79 bits per heavy atom. The molecule has 1 fully saturated rings. The van der Waals surface area contributed by atoms with Gasteiger partial charge in [-0.2, -0.15) is 0 Å². The minimum atomic E-state index is -0.687. The number of aryl methyl sites for hydroxylation is 1. The molecule has 4 rings (SSSR count). The molecule has 33 heavy (non-hydrogen) atoms. The summed E-state index contributed by atoms with van der Waals surface area (Å²) in [4.78, 5) is 15.0. The van der Waals surface area contributed by atoms with Crippen molar-refractivity contribution in [3.63, 3.8) is 0 Å². The molecule has 0 bridgehead atoms. The maximum atomic E-state index is 11.5. The number of nitrogens with zero attached hydrogens (tertiary/aromatic N) is 1. The molecule has 0 amide bonds. The van der Waals surface area contributed by atoms with Gasteiger partial charge in [-0.05, 0) is 54.8 Å². The third-order valence-electron chi connectivity index (χ3n) is 6.24. The fraction of sp³-hybridized carbons (Fsp3) is 0.480. The summed E-state index contributed by atoms with van der Waals surface area (Å²) in [5.74, 6) is 0.734. The summed E-state index contributed by atoms with van der Waals surface area (Å²) in [5, 5.41) is 21.1. The van der Waals surface area contributed by atoms with E-state index in [1.807, 2.05) is 0 Å². The molecule has 1 atom stereocenters. The SMILES string of the molecule is COC(=O)CCCc1ccc2c(c1)C(=C1CCN(CC(O)CO)CC1)c1sccc1CO2.Cl. The van der Waals surface area contributed by atoms with Gasteiger partial charge < -0.3 is 24.6 Å². The number of likely N-dealkylation sites (tertiary alicyclic amines) is 1. The Balaban J connectivity index is 0.00000306. The number of carbonyl (C=O) groups is 1. The Bertz CT molecular complexity index is 979. The summed E-state index contributed by atoms with van der Waals surface area (Å²) < 4.78 is 10.9. The van der Waals surface area contributed by atoms with Gasteiger partial charge in [0.1, 0.15) is 12.4 Å². The lowest BCUT2D eigenvalue weighted by Crippen LogP contribution is -2.38. The largest absolute Gasteiger partial charge is 0.488 e. The number of hydrogen-bond acceptors (Lipinski definition) is 7. The summed E-state index contributed by atoms with van der Waals surface area (Å²) >= 11 is 1.76. The summed E-state index contributed by atoms with van der Waals surface area (Å²) in [5.41, 5.74) is 6.26. The summed E-state index contributed by atoms with van der Waals surface area (Å²) in [6.45, 7) is 2.61. The molecule has 2 aromatic rings. The Morgan fingerprint density at radius 2 is 2.06 bits per heavy atom. The van der Waals surface area contributed by atoms with Gasteiger partial charge in [0.05, 0.1) is 19.8 Å². The van der Waals surface area contributed by atoms with E-state index in [1.165, 1.54) is 34.3 Å². The van der Waals surface area contributed by atoms with Gasteiger partial charge in [-0.1, -0.05) is 11.6 Å². The maximum Gasteiger partial charge on any atom is 0.305 e. The summed E-state index contributed by atoms with van der Waals surface area (Å²) in [6.07, 6.45) is 3.16. The van der Waals surface area contributed by atoms with Crippen molar-refractivity contribution in [1.82, 2.24) is 4.90 Å². The van der Waals surface area contributed by atoms with Crippen LogP contribution >= 0.6 is 23.7 Å². The molecule has 1 unspecified atom stereocenters. The van der Waals surface area contributed by atoms with E-state index >= 15 is 0 Å². The van der Waals surface area contributed by atoms with Crippen molar-refractivity contribution in [1.29, 1.82) is 0 Å². The van der Waals surface area contributed by atoms with Crippen molar-refractivity contribution < 1.29 is 24.5 Å². The molecule has 0 saturated carbocycles. The molecule has 1 aromatic heterocycles. The van der Waals surface area contributed by atoms with E-state index in [2.05, 4.69) is 34.5 Å². The van der Waals surface area contributed by atoms with Crippen LogP contribution in [0.1, 0.15) is 47.3 Å². The second-order valence-electron chi connectivity index (χ2n) is 8.44. The topological polar surface area (TPSA) is 79.2 Å². The van der Waals surface area contributed by atoms with Crippen molar-refractivity contribution in [3.8, 4) is 5.75 Å². The van der Waals surface area contributed by atoms with E-state index in [0.717, 1.165) is 50.1 Å². The molecule has 0 spiro atoms. The number of hydrogen-bond donors (Lipinski definition) is 2. The van der Waals surface area contributed by atoms with Crippen molar-refractivity contribution in [3.05, 3.63) is 56.8 Å². The molecule has 6 nitrogen and oxygen atoms in total. The average Bonchev–Trinajstić information content (AvgIpc) is 3.21. The maximum absolute atomic E-state index is 11.5. The Morgan fingerprint density at radius 1 is 1.27 bits per heavy atom. The van der Waals surface area contributed by atoms with E-state index in [1.54, 1.807) is 11.3 Å². The number of aliphatic hydroxyl groups excluding tert-OH is 2. The minimum Gasteiger partial charge on any atom is -0.488 e. The number of fused-ring (bicyclic) bond motifs is 2. The quantitative estimate of drug-likeness (QED) is 0.571. The zero-order valence-corrected chi connectivity index (χ0v) is 20.6. The summed E-state index contributed by atoms with van der Waals surface area (Å²) in [6, 6.07) is 8.53. The normalized spacial score (nSPS) is 16.7. The molecular formula is C25H32ClNO5S. The van der Waals surface area contributed by atoms with Crippen molar-refractivity contribution in [2.24, 2.45) is 0 Å². The molecule has 1 saturated heterocycles. The molecule has 0 aliphatic carbocycles. The van der Waals surface area contributed by atoms with Crippen LogP contribution in [0.25, 0.3) is 5.57 Å². The van der Waals surface area contributed by atoms with Gasteiger partial charge in [0.25, 0.3) is 0 Å². The van der Waals surface area contributed by atoms with Gasteiger partial charge >= 0.3 is 5.97 Å². The monoisotopic (exact) mass is 493 g/mol. The zero-order valence-electron chi connectivity index (χ0n) is 18.9. The standard InChI is InChI=1S/C25H31NO5S.ClH/c1-30-23(29)4-2-3-17-5-6-22-21(13-17)24(25-19(16-31-22)9-12-32-25)18-7-10-26(11-8-18)14-20(28)15-27;/h5-6,9,12-13,20,27-28H,2-4,7-8,10-11,14-16H2,1H3;1H. The van der Waals surface area contributed by atoms with E-state index in [4.69, 9.17) is 14.6 Å². The van der Waals surface area contributed by atoms with E-state index in [-0.39, 0.29) is 25.0 Å². The number of methoxy groups -OCH3 is 1. The Labute approximate surface area is 205 Å². The minimum absolute atomic E-state index is 0. The number of piperidine rings is 1. The molecule has 3 heterocycles. The number of halogens is 1. The predicted octanol–water partition coefficient (Wildman–Crippen LogP) is 3.81. The molecule has 2 aliphatic rings. The molecule has 2 aliphatic heterocycles. The lowest BCUT2D eigenvalue weighted by atomic mass is 9.89. The zero-order chi connectivity index (χ0) is 22.5. The number of β-amino-alcohol motifs (C(OH)–C–C–N with tert-alkyl or cyclic N) is 1. The molecule has 0 radical (unpaired) electrons. The van der Waals surface area contributed by atoms with E-state index in [0.29, 0.717) is 19.6 Å². The molecule has 1 aromatic carbocycles. The van der Waals surface area contributed by atoms with Gasteiger partial charge in [0.15, 0.2) is 0 Å². The Hall–Kier alpha value is -1.90. The van der Waals surface area contributed by atoms with Crippen molar-refractivity contribution >= 4 is 35.3 Å². The fourth-order valence-electron chi connectivity index (χ4n) is 4.50. The smallest absolute Gasteiger partial charge is 0.305 e. The lowest BCUT2D eigenvalue weighted by molar-refractivity contribution is -0.140. The van der Waals surface area contributed by atoms with Gasteiger partial charge in [-0.15, -0.1) is 23.7 Å². The number of thiophene rings is 1. The van der Waals surface area contributed by atoms with Crippen LogP contribution in [0.4, 0.5) is 0 Å². The second-order valence-corrected chi connectivity index (χ2v) is 9.36. The van der Waals surface area contributed by atoms with Crippen LogP contribution < -0.4 is 4.74 Å². The van der Waals surface area contributed by atoms with Gasteiger partial charge in [0.2, 0.25) is 0 Å². The highest BCUT2D eigenvalue weighted by atomic mass is 35.5. The van der Waals surface area contributed by atoms with Gasteiger partial charge in [-0.3, -0.25) is 4.79 Å². The van der Waals surface area contributed by atoms with Crippen LogP contribution in [0, 0.1) is 0 Å². The van der Waals surface area contributed by atoms with E-state index in [9.17, 15) is 9.90 Å². The molecular weight excluding hydrogens is 462 g/mol. The van der Waals surface area contributed by atoms with E-state index < -0.39 is 6.10 Å². The number of esters is 1. The van der Waals surface area contributed by atoms with Crippen LogP contribution in [0.3, 0.4) is 0 Å². The predicted molar refractivity (Wildman–Crippen MR) is 132 cm³/mol. The highest BCUT2D eigenvalue weighted by molar-refractivity contribution is 7.11. The van der Waals surface area contributed by atoms with Crippen LogP contribution in [0.5, 0.6) is 5.75 Å². The second kappa shape index (κ2) is 12.0. The first kappa shape index (κ1) is 25.7. The average molecular weight is 494 g/mol. The molecule has 2 N–H and O–H groups in total. The van der Waals surface area contributed by atoms with Crippen molar-refractivity contribution in [2.75, 3.05) is 33.4 Å². The first-order chi connectivity index (χ1) is 15.6. The first-order valence-corrected chi connectivity index (χ1v) is 12.1.